The van der Waals surface area contributed by atoms with E-state index >= 15 is 0 Å². The largest absolute Gasteiger partial charge is 0.375 e. The fourth-order valence-corrected chi connectivity index (χ4v) is 1.72. The van der Waals surface area contributed by atoms with Crippen LogP contribution in [-0.4, -0.2) is 18.8 Å². The lowest BCUT2D eigenvalue weighted by Crippen LogP contribution is -2.37. The van der Waals surface area contributed by atoms with Crippen molar-refractivity contribution in [1.29, 1.82) is 5.26 Å². The average Bonchev–Trinajstić information content (AvgIpc) is 2.31. The van der Waals surface area contributed by atoms with E-state index in [1.807, 2.05) is 26.8 Å². The van der Waals surface area contributed by atoms with Gasteiger partial charge in [0.15, 0.2) is 0 Å². The molecule has 1 aromatic rings. The number of nitrogens with zero attached hydrogens (tertiary/aromatic N) is 1. The summed E-state index contributed by atoms with van der Waals surface area (Å²) < 4.78 is 19.0. The molecular weight excluding hydrogens is 231 g/mol. The maximum atomic E-state index is 13.5. The highest BCUT2D eigenvalue weighted by Gasteiger charge is 2.16. The van der Waals surface area contributed by atoms with Gasteiger partial charge in [-0.15, -0.1) is 0 Å². The molecule has 0 bridgehead atoms. The van der Waals surface area contributed by atoms with Gasteiger partial charge < -0.3 is 10.1 Å². The Kier molecular flexibility index (Phi) is 5.26. The third-order valence-corrected chi connectivity index (χ3v) is 2.58. The Labute approximate surface area is 108 Å². The molecule has 0 aliphatic heterocycles. The smallest absolute Gasteiger partial charge is 0.127 e. The zero-order chi connectivity index (χ0) is 13.6. The number of hydrogen-bond acceptors (Lipinski definition) is 3. The van der Waals surface area contributed by atoms with Crippen LogP contribution in [0.2, 0.25) is 0 Å². The fourth-order valence-electron chi connectivity index (χ4n) is 1.72. The summed E-state index contributed by atoms with van der Waals surface area (Å²) in [6.45, 7) is 7.55. The van der Waals surface area contributed by atoms with Crippen molar-refractivity contribution in [2.75, 3.05) is 13.2 Å². The van der Waals surface area contributed by atoms with Gasteiger partial charge in [0.1, 0.15) is 5.82 Å². The Hall–Kier alpha value is -1.44. The summed E-state index contributed by atoms with van der Waals surface area (Å²) in [5.74, 6) is -0.296. The van der Waals surface area contributed by atoms with Gasteiger partial charge in [0, 0.05) is 25.3 Å². The van der Waals surface area contributed by atoms with Gasteiger partial charge in [0.2, 0.25) is 0 Å². The van der Waals surface area contributed by atoms with Crippen LogP contribution in [0, 0.1) is 17.1 Å². The second-order valence-electron chi connectivity index (χ2n) is 4.71. The molecule has 0 aliphatic carbocycles. The number of ether oxygens (including phenoxy) is 1. The minimum absolute atomic E-state index is 0.280. The number of benzene rings is 1. The van der Waals surface area contributed by atoms with Crippen molar-refractivity contribution in [3.05, 3.63) is 35.1 Å². The van der Waals surface area contributed by atoms with Crippen LogP contribution in [-0.2, 0) is 11.3 Å². The lowest BCUT2D eigenvalue weighted by molar-refractivity contribution is -0.00901. The van der Waals surface area contributed by atoms with Gasteiger partial charge in [-0.1, -0.05) is 0 Å². The first-order valence-electron chi connectivity index (χ1n) is 6.01. The van der Waals surface area contributed by atoms with Crippen LogP contribution >= 0.6 is 0 Å². The van der Waals surface area contributed by atoms with Crippen LogP contribution in [0.1, 0.15) is 31.9 Å². The molecule has 0 aromatic heterocycles. The van der Waals surface area contributed by atoms with Crippen LogP contribution in [0.5, 0.6) is 0 Å². The summed E-state index contributed by atoms with van der Waals surface area (Å²) in [6.07, 6.45) is 0. The Morgan fingerprint density at radius 3 is 2.78 bits per heavy atom. The second-order valence-corrected chi connectivity index (χ2v) is 4.71. The molecule has 0 amide bonds. The lowest BCUT2D eigenvalue weighted by atomic mass is 10.1. The van der Waals surface area contributed by atoms with E-state index in [4.69, 9.17) is 10.00 Å². The molecule has 0 saturated heterocycles. The van der Waals surface area contributed by atoms with Crippen molar-refractivity contribution in [1.82, 2.24) is 5.32 Å². The topological polar surface area (TPSA) is 45.0 Å². The molecule has 0 radical (unpaired) electrons. The van der Waals surface area contributed by atoms with Crippen molar-refractivity contribution in [2.45, 2.75) is 32.9 Å². The van der Waals surface area contributed by atoms with E-state index in [1.165, 1.54) is 12.1 Å². The third-order valence-electron chi connectivity index (χ3n) is 2.58. The first-order valence-corrected chi connectivity index (χ1v) is 6.01. The molecule has 1 rings (SSSR count). The van der Waals surface area contributed by atoms with Crippen LogP contribution in [0.4, 0.5) is 4.39 Å². The van der Waals surface area contributed by atoms with Crippen molar-refractivity contribution in [3.8, 4) is 6.07 Å². The summed E-state index contributed by atoms with van der Waals surface area (Å²) in [5.41, 5.74) is 0.691. The van der Waals surface area contributed by atoms with Gasteiger partial charge in [0.05, 0.1) is 17.2 Å². The molecule has 0 heterocycles. The van der Waals surface area contributed by atoms with E-state index in [0.29, 0.717) is 30.8 Å². The molecular formula is C14H19FN2O. The van der Waals surface area contributed by atoms with Gasteiger partial charge >= 0.3 is 0 Å². The maximum Gasteiger partial charge on any atom is 0.127 e. The molecule has 1 N–H and O–H groups in total. The Morgan fingerprint density at radius 1 is 1.44 bits per heavy atom. The summed E-state index contributed by atoms with van der Waals surface area (Å²) in [4.78, 5) is 0. The molecule has 18 heavy (non-hydrogen) atoms. The number of nitriles is 1. The molecule has 3 nitrogen and oxygen atoms in total. The first kappa shape index (κ1) is 14.6. The highest BCUT2D eigenvalue weighted by molar-refractivity contribution is 5.33. The highest BCUT2D eigenvalue weighted by Crippen LogP contribution is 2.11. The lowest BCUT2D eigenvalue weighted by Gasteiger charge is -2.25. The number of hydrogen-bond donors (Lipinski definition) is 1. The minimum atomic E-state index is -0.296. The molecule has 0 saturated carbocycles. The number of rotatable bonds is 6. The van der Waals surface area contributed by atoms with E-state index < -0.39 is 0 Å². The Morgan fingerprint density at radius 2 is 2.17 bits per heavy atom. The van der Waals surface area contributed by atoms with Gasteiger partial charge in [-0.3, -0.25) is 0 Å². The van der Waals surface area contributed by atoms with E-state index in [9.17, 15) is 4.39 Å². The standard InChI is InChI=1S/C14H19FN2O/c1-4-18-14(2,3)10-17-9-12-7-11(8-16)5-6-13(12)15/h5-7,17H,4,9-10H2,1-3H3. The second kappa shape index (κ2) is 6.48. The molecule has 1 aromatic carbocycles. The van der Waals surface area contributed by atoms with Crippen LogP contribution in [0.25, 0.3) is 0 Å². The van der Waals surface area contributed by atoms with Crippen molar-refractivity contribution in [2.24, 2.45) is 0 Å². The zero-order valence-electron chi connectivity index (χ0n) is 11.1. The fraction of sp³-hybridized carbons (Fsp3) is 0.500. The van der Waals surface area contributed by atoms with Gasteiger partial charge in [0.25, 0.3) is 0 Å². The predicted octanol–water partition coefficient (Wildman–Crippen LogP) is 2.60. The SMILES string of the molecule is CCOC(C)(C)CNCc1cc(C#N)ccc1F. The molecule has 4 heteroatoms. The van der Waals surface area contributed by atoms with Crippen molar-refractivity contribution in [3.63, 3.8) is 0 Å². The van der Waals surface area contributed by atoms with Gasteiger partial charge in [-0.2, -0.15) is 5.26 Å². The number of halogens is 1. The molecule has 0 aliphatic rings. The first-order chi connectivity index (χ1) is 8.48. The average molecular weight is 250 g/mol. The Bertz CT molecular complexity index is 438. The summed E-state index contributed by atoms with van der Waals surface area (Å²) >= 11 is 0. The number of nitrogens with one attached hydrogen (secondary N) is 1. The maximum absolute atomic E-state index is 13.5. The molecule has 0 unspecified atom stereocenters. The molecule has 0 spiro atoms. The third kappa shape index (κ3) is 4.44. The monoisotopic (exact) mass is 250 g/mol. The predicted molar refractivity (Wildman–Crippen MR) is 68.5 cm³/mol. The Balaban J connectivity index is 2.56. The summed E-state index contributed by atoms with van der Waals surface area (Å²) in [7, 11) is 0. The van der Waals surface area contributed by atoms with Crippen LogP contribution in [0.3, 0.4) is 0 Å². The van der Waals surface area contributed by atoms with Crippen molar-refractivity contribution < 1.29 is 9.13 Å². The molecule has 0 atom stereocenters. The van der Waals surface area contributed by atoms with E-state index in [-0.39, 0.29) is 11.4 Å². The van der Waals surface area contributed by atoms with E-state index in [2.05, 4.69) is 5.32 Å². The summed E-state index contributed by atoms with van der Waals surface area (Å²) in [5, 5.41) is 11.9. The van der Waals surface area contributed by atoms with Crippen LogP contribution in [0.15, 0.2) is 18.2 Å². The van der Waals surface area contributed by atoms with E-state index in [0.717, 1.165) is 0 Å². The van der Waals surface area contributed by atoms with Gasteiger partial charge in [-0.05, 0) is 39.0 Å². The molecule has 0 fully saturated rings. The zero-order valence-corrected chi connectivity index (χ0v) is 11.1. The quantitative estimate of drug-likeness (QED) is 0.844. The highest BCUT2D eigenvalue weighted by atomic mass is 19.1. The minimum Gasteiger partial charge on any atom is -0.375 e. The molecule has 98 valence electrons. The van der Waals surface area contributed by atoms with E-state index in [1.54, 1.807) is 6.07 Å². The summed E-state index contributed by atoms with van der Waals surface area (Å²) in [6, 6.07) is 6.37. The van der Waals surface area contributed by atoms with Crippen molar-refractivity contribution >= 4 is 0 Å². The normalized spacial score (nSPS) is 11.3. The van der Waals surface area contributed by atoms with Crippen LogP contribution < -0.4 is 5.32 Å². The van der Waals surface area contributed by atoms with Gasteiger partial charge in [-0.25, -0.2) is 4.39 Å².